The lowest BCUT2D eigenvalue weighted by Crippen LogP contribution is -2.43. The molecule has 0 fully saturated rings. The molecule has 0 saturated carbocycles. The molecule has 4 rings (SSSR count). The Morgan fingerprint density at radius 3 is 2.44 bits per heavy atom. The van der Waals surface area contributed by atoms with Gasteiger partial charge in [0.05, 0.1) is 11.1 Å². The number of hydrogen-bond donors (Lipinski definition) is 2. The zero-order valence-electron chi connectivity index (χ0n) is 24.7. The largest absolute Gasteiger partial charge is 0.512 e. The van der Waals surface area contributed by atoms with Crippen molar-refractivity contribution in [3.8, 4) is 6.07 Å². The molecule has 43 heavy (non-hydrogen) atoms. The Hall–Kier alpha value is -4.23. The monoisotopic (exact) mass is 605 g/mol. The van der Waals surface area contributed by atoms with Crippen LogP contribution in [0.25, 0.3) is 0 Å². The molecule has 0 amide bonds. The van der Waals surface area contributed by atoms with Crippen LogP contribution in [0.1, 0.15) is 76.0 Å². The molecule has 2 aromatic carbocycles. The molecule has 2 atom stereocenters. The summed E-state index contributed by atoms with van der Waals surface area (Å²) in [5, 5.41) is 20.2. The number of nitriles is 1. The van der Waals surface area contributed by atoms with Gasteiger partial charge < -0.3 is 9.84 Å². The van der Waals surface area contributed by atoms with Gasteiger partial charge in [-0.3, -0.25) is 4.72 Å². The van der Waals surface area contributed by atoms with Gasteiger partial charge in [-0.2, -0.15) is 13.7 Å². The molecule has 8 nitrogen and oxygen atoms in total. The number of carbonyl (C=O) groups is 1. The fourth-order valence-corrected chi connectivity index (χ4v) is 6.65. The van der Waals surface area contributed by atoms with Crippen LogP contribution in [0, 0.1) is 22.6 Å². The normalized spacial score (nSPS) is 18.1. The molecule has 1 unspecified atom stereocenters. The van der Waals surface area contributed by atoms with Gasteiger partial charge in [0, 0.05) is 24.2 Å². The standard InChI is InChI=1S/C33H36FN3O5S/c1-5-16-33(17-15-22-9-12-25(34)13-10-22)19-27(38)29(31(39)42-33)30(32(2,3)4)24-7-6-8-26(18-24)37-43(40,41)28-14-11-23(20-35)21-36-28/h6-14,18,21,30,37-38H,5,15-17,19H2,1-4H3/t30?,33-/m0/s1. The lowest BCUT2D eigenvalue weighted by atomic mass is 9.70. The van der Waals surface area contributed by atoms with E-state index in [1.165, 1.54) is 30.5 Å². The van der Waals surface area contributed by atoms with E-state index in [2.05, 4.69) is 9.71 Å². The highest BCUT2D eigenvalue weighted by Gasteiger charge is 2.46. The summed E-state index contributed by atoms with van der Waals surface area (Å²) in [4.78, 5) is 17.6. The van der Waals surface area contributed by atoms with Crippen molar-refractivity contribution in [1.29, 1.82) is 5.26 Å². The predicted molar refractivity (Wildman–Crippen MR) is 161 cm³/mol. The van der Waals surface area contributed by atoms with Crippen molar-refractivity contribution in [3.05, 3.63) is 101 Å². The molecule has 226 valence electrons. The molecule has 1 aliphatic heterocycles. The number of benzene rings is 2. The first-order valence-corrected chi connectivity index (χ1v) is 15.6. The van der Waals surface area contributed by atoms with Crippen molar-refractivity contribution in [2.45, 2.75) is 76.3 Å². The second kappa shape index (κ2) is 12.6. The van der Waals surface area contributed by atoms with Crippen LogP contribution in [0.4, 0.5) is 10.1 Å². The maximum Gasteiger partial charge on any atom is 0.338 e. The van der Waals surface area contributed by atoms with Crippen molar-refractivity contribution in [2.75, 3.05) is 4.72 Å². The summed E-state index contributed by atoms with van der Waals surface area (Å²) in [6.07, 6.45) is 3.64. The van der Waals surface area contributed by atoms with Crippen molar-refractivity contribution >= 4 is 21.7 Å². The van der Waals surface area contributed by atoms with E-state index in [0.717, 1.165) is 12.0 Å². The summed E-state index contributed by atoms with van der Waals surface area (Å²) in [6.45, 7) is 7.79. The third kappa shape index (κ3) is 7.41. The highest BCUT2D eigenvalue weighted by molar-refractivity contribution is 7.92. The first-order chi connectivity index (χ1) is 20.3. The van der Waals surface area contributed by atoms with Crippen molar-refractivity contribution in [2.24, 2.45) is 5.41 Å². The summed E-state index contributed by atoms with van der Waals surface area (Å²) in [6, 6.07) is 17.4. The number of ether oxygens (including phenoxy) is 1. The first-order valence-electron chi connectivity index (χ1n) is 14.2. The number of sulfonamides is 1. The highest BCUT2D eigenvalue weighted by atomic mass is 32.2. The maximum atomic E-state index is 13.7. The Morgan fingerprint density at radius 2 is 1.86 bits per heavy atom. The predicted octanol–water partition coefficient (Wildman–Crippen LogP) is 6.95. The third-order valence-corrected chi connectivity index (χ3v) is 8.88. The summed E-state index contributed by atoms with van der Waals surface area (Å²) < 4.78 is 48.1. The molecule has 3 aromatic rings. The summed E-state index contributed by atoms with van der Waals surface area (Å²) in [7, 11) is -4.06. The fourth-order valence-electron chi connectivity index (χ4n) is 5.67. The lowest BCUT2D eigenvalue weighted by molar-refractivity contribution is -0.161. The van der Waals surface area contributed by atoms with E-state index in [1.54, 1.807) is 36.4 Å². The number of pyridine rings is 1. The fraction of sp³-hybridized carbons (Fsp3) is 0.364. The molecule has 1 aliphatic rings. The number of halogens is 1. The van der Waals surface area contributed by atoms with Crippen LogP contribution in [-0.4, -0.2) is 30.1 Å². The Bertz CT molecular complexity index is 1660. The molecular formula is C33H36FN3O5S. The van der Waals surface area contributed by atoms with Crippen LogP contribution in [-0.2, 0) is 26.0 Å². The minimum atomic E-state index is -4.06. The van der Waals surface area contributed by atoms with E-state index in [1.807, 2.05) is 33.8 Å². The molecule has 0 saturated heterocycles. The van der Waals surface area contributed by atoms with E-state index in [-0.39, 0.29) is 39.8 Å². The van der Waals surface area contributed by atoms with E-state index < -0.39 is 32.9 Å². The number of aliphatic hydroxyl groups is 1. The summed E-state index contributed by atoms with van der Waals surface area (Å²) in [5.41, 5.74) is 0.699. The van der Waals surface area contributed by atoms with E-state index >= 15 is 0 Å². The smallest absolute Gasteiger partial charge is 0.338 e. The second-order valence-corrected chi connectivity index (χ2v) is 13.6. The van der Waals surface area contributed by atoms with Crippen LogP contribution in [0.5, 0.6) is 0 Å². The minimum absolute atomic E-state index is 0.0449. The van der Waals surface area contributed by atoms with Gasteiger partial charge in [0.1, 0.15) is 23.2 Å². The average molecular weight is 606 g/mol. The molecule has 0 spiro atoms. The molecule has 0 radical (unpaired) electrons. The van der Waals surface area contributed by atoms with Gasteiger partial charge >= 0.3 is 5.97 Å². The first kappa shape index (κ1) is 31.7. The van der Waals surface area contributed by atoms with Crippen LogP contribution in [0.3, 0.4) is 0 Å². The molecule has 0 bridgehead atoms. The molecule has 1 aromatic heterocycles. The Balaban J connectivity index is 1.65. The number of aliphatic hydroxyl groups excluding tert-OH is 1. The Kier molecular flexibility index (Phi) is 9.26. The number of aryl methyl sites for hydroxylation is 1. The zero-order chi connectivity index (χ0) is 31.4. The lowest BCUT2D eigenvalue weighted by Gasteiger charge is -2.41. The number of carbonyl (C=O) groups excluding carboxylic acids is 1. The van der Waals surface area contributed by atoms with Gasteiger partial charge in [-0.05, 0) is 72.2 Å². The van der Waals surface area contributed by atoms with Gasteiger partial charge in [-0.15, -0.1) is 0 Å². The molecule has 2 N–H and O–H groups in total. The van der Waals surface area contributed by atoms with Crippen molar-refractivity contribution < 1.29 is 27.4 Å². The minimum Gasteiger partial charge on any atom is -0.512 e. The summed E-state index contributed by atoms with van der Waals surface area (Å²) in [5.74, 6) is -1.59. The number of anilines is 1. The molecule has 0 aliphatic carbocycles. The second-order valence-electron chi connectivity index (χ2n) is 12.0. The number of aromatic nitrogens is 1. The number of nitrogens with one attached hydrogen (secondary N) is 1. The highest BCUT2D eigenvalue weighted by Crippen LogP contribution is 2.47. The number of cyclic esters (lactones) is 1. The van der Waals surface area contributed by atoms with Gasteiger partial charge in [0.15, 0.2) is 5.03 Å². The van der Waals surface area contributed by atoms with Gasteiger partial charge in [0.25, 0.3) is 10.0 Å². The van der Waals surface area contributed by atoms with E-state index in [0.29, 0.717) is 24.8 Å². The summed E-state index contributed by atoms with van der Waals surface area (Å²) >= 11 is 0. The topological polar surface area (TPSA) is 129 Å². The SMILES string of the molecule is CCC[C@]1(CCc2ccc(F)cc2)CC(O)=C(C(c2cccc(NS(=O)(=O)c3ccc(C#N)cn3)c2)C(C)(C)C)C(=O)O1. The van der Waals surface area contributed by atoms with E-state index in [9.17, 15) is 22.7 Å². The van der Waals surface area contributed by atoms with Gasteiger partial charge in [-0.25, -0.2) is 14.2 Å². The van der Waals surface area contributed by atoms with Gasteiger partial charge in [0.2, 0.25) is 0 Å². The van der Waals surface area contributed by atoms with Crippen LogP contribution < -0.4 is 4.72 Å². The van der Waals surface area contributed by atoms with Crippen molar-refractivity contribution in [3.63, 3.8) is 0 Å². The number of esters is 1. The molecule has 10 heteroatoms. The average Bonchev–Trinajstić information content (AvgIpc) is 2.94. The van der Waals surface area contributed by atoms with Crippen LogP contribution >= 0.6 is 0 Å². The molecule has 2 heterocycles. The third-order valence-electron chi connectivity index (χ3n) is 7.59. The Labute approximate surface area is 252 Å². The maximum absolute atomic E-state index is 13.7. The van der Waals surface area contributed by atoms with Gasteiger partial charge in [-0.1, -0.05) is 58.4 Å². The number of rotatable bonds is 10. The Morgan fingerprint density at radius 1 is 1.14 bits per heavy atom. The van der Waals surface area contributed by atoms with Crippen molar-refractivity contribution in [1.82, 2.24) is 4.98 Å². The van der Waals surface area contributed by atoms with Crippen LogP contribution in [0.15, 0.2) is 83.2 Å². The van der Waals surface area contributed by atoms with E-state index in [4.69, 9.17) is 10.00 Å². The molecular weight excluding hydrogens is 569 g/mol. The zero-order valence-corrected chi connectivity index (χ0v) is 25.5. The number of hydrogen-bond acceptors (Lipinski definition) is 7. The quantitative estimate of drug-likeness (QED) is 0.239. The number of nitrogens with zero attached hydrogens (tertiary/aromatic N) is 2. The van der Waals surface area contributed by atoms with Crippen LogP contribution in [0.2, 0.25) is 0 Å².